The van der Waals surface area contributed by atoms with Gasteiger partial charge in [0.05, 0.1) is 34.4 Å². The fraction of sp³-hybridized carbons (Fsp3) is 0.0909. The fourth-order valence-electron chi connectivity index (χ4n) is 3.28. The molecule has 0 spiro atoms. The number of hydrogen-bond donors (Lipinski definition) is 2. The fourth-order valence-corrected chi connectivity index (χ4v) is 3.51. The molecule has 2 aromatic carbocycles. The van der Waals surface area contributed by atoms with Crippen molar-refractivity contribution in [2.24, 2.45) is 0 Å². The lowest BCUT2D eigenvalue weighted by molar-refractivity contribution is 0.0601. The molecule has 8 heteroatoms. The van der Waals surface area contributed by atoms with E-state index in [-0.39, 0.29) is 5.56 Å². The molecule has 0 saturated carbocycles. The third kappa shape index (κ3) is 3.40. The van der Waals surface area contributed by atoms with Crippen molar-refractivity contribution in [1.29, 1.82) is 0 Å². The lowest BCUT2D eigenvalue weighted by atomic mass is 10.1. The van der Waals surface area contributed by atoms with Gasteiger partial charge in [0, 0.05) is 22.7 Å². The first kappa shape index (κ1) is 19.6. The summed E-state index contributed by atoms with van der Waals surface area (Å²) in [7, 11) is 1.29. The zero-order valence-electron chi connectivity index (χ0n) is 16.1. The van der Waals surface area contributed by atoms with E-state index in [0.717, 1.165) is 0 Å². The highest BCUT2D eigenvalue weighted by atomic mass is 35.5. The van der Waals surface area contributed by atoms with Gasteiger partial charge in [-0.05, 0) is 43.3 Å². The van der Waals surface area contributed by atoms with Crippen LogP contribution in [0.25, 0.3) is 21.8 Å². The predicted molar refractivity (Wildman–Crippen MR) is 115 cm³/mol. The number of methoxy groups -OCH3 is 1. The number of aromatic amines is 1. The van der Waals surface area contributed by atoms with E-state index in [1.54, 1.807) is 49.4 Å². The summed E-state index contributed by atoms with van der Waals surface area (Å²) in [5.74, 6) is -1.09. The maximum Gasteiger partial charge on any atom is 0.337 e. The van der Waals surface area contributed by atoms with Crippen molar-refractivity contribution in [3.05, 3.63) is 80.7 Å². The molecule has 0 radical (unpaired) electrons. The maximum atomic E-state index is 12.9. The first-order chi connectivity index (χ1) is 14.4. The molecule has 0 unspecified atom stereocenters. The average molecular weight is 422 g/mol. The molecule has 0 bridgehead atoms. The molecule has 4 aromatic rings. The molecule has 0 atom stereocenters. The molecular weight excluding hydrogens is 406 g/mol. The van der Waals surface area contributed by atoms with E-state index < -0.39 is 17.3 Å². The zero-order valence-corrected chi connectivity index (χ0v) is 16.8. The number of nitrogens with zero attached hydrogens (tertiary/aromatic N) is 1. The summed E-state index contributed by atoms with van der Waals surface area (Å²) in [4.78, 5) is 45.0. The van der Waals surface area contributed by atoms with Crippen molar-refractivity contribution in [1.82, 2.24) is 9.97 Å². The highest BCUT2D eigenvalue weighted by molar-refractivity contribution is 6.35. The number of pyridine rings is 2. The van der Waals surface area contributed by atoms with Gasteiger partial charge in [0.15, 0.2) is 0 Å². The number of carbonyl (C=O) groups excluding carboxylic acids is 2. The second-order valence-electron chi connectivity index (χ2n) is 6.68. The lowest BCUT2D eigenvalue weighted by Crippen LogP contribution is -2.22. The van der Waals surface area contributed by atoms with Crippen LogP contribution in [0.4, 0.5) is 5.69 Å². The Balaban J connectivity index is 1.80. The summed E-state index contributed by atoms with van der Waals surface area (Å²) < 4.78 is 4.76. The van der Waals surface area contributed by atoms with Crippen LogP contribution in [0.2, 0.25) is 5.02 Å². The number of para-hydroxylation sites is 1. The molecule has 0 fully saturated rings. The van der Waals surface area contributed by atoms with Crippen LogP contribution < -0.4 is 10.7 Å². The van der Waals surface area contributed by atoms with Gasteiger partial charge in [-0.2, -0.15) is 0 Å². The molecule has 0 aliphatic rings. The zero-order chi connectivity index (χ0) is 21.4. The number of amides is 1. The van der Waals surface area contributed by atoms with Crippen LogP contribution in [-0.2, 0) is 4.74 Å². The van der Waals surface area contributed by atoms with Crippen molar-refractivity contribution in [2.75, 3.05) is 12.4 Å². The molecule has 150 valence electrons. The van der Waals surface area contributed by atoms with Gasteiger partial charge in [0.25, 0.3) is 5.91 Å². The summed E-state index contributed by atoms with van der Waals surface area (Å²) in [6.07, 6.45) is 1.34. The number of esters is 1. The molecule has 7 nitrogen and oxygen atoms in total. The van der Waals surface area contributed by atoms with Crippen LogP contribution in [0.15, 0.2) is 53.5 Å². The Kier molecular flexibility index (Phi) is 4.97. The third-order valence-electron chi connectivity index (χ3n) is 4.71. The van der Waals surface area contributed by atoms with Crippen molar-refractivity contribution >= 4 is 51.0 Å². The van der Waals surface area contributed by atoms with Crippen molar-refractivity contribution in [3.8, 4) is 0 Å². The van der Waals surface area contributed by atoms with Gasteiger partial charge < -0.3 is 15.0 Å². The lowest BCUT2D eigenvalue weighted by Gasteiger charge is -2.11. The summed E-state index contributed by atoms with van der Waals surface area (Å²) >= 11 is 6.11. The van der Waals surface area contributed by atoms with E-state index in [1.165, 1.54) is 13.3 Å². The highest BCUT2D eigenvalue weighted by Crippen LogP contribution is 2.25. The highest BCUT2D eigenvalue weighted by Gasteiger charge is 2.17. The first-order valence-electron chi connectivity index (χ1n) is 9.00. The SMILES string of the molecule is COC(=O)c1ccc2nc(C)cc(NC(=O)c3c[nH]c4c(Cl)cccc4c3=O)c2c1. The number of ether oxygens (including phenoxy) is 1. The maximum absolute atomic E-state index is 12.9. The number of aryl methyl sites for hydroxylation is 1. The van der Waals surface area contributed by atoms with Crippen molar-refractivity contribution < 1.29 is 14.3 Å². The van der Waals surface area contributed by atoms with E-state index >= 15 is 0 Å². The van der Waals surface area contributed by atoms with Gasteiger partial charge in [-0.15, -0.1) is 0 Å². The molecule has 0 saturated heterocycles. The summed E-state index contributed by atoms with van der Waals surface area (Å²) in [5, 5.41) is 4.02. The van der Waals surface area contributed by atoms with Gasteiger partial charge in [0.2, 0.25) is 5.43 Å². The van der Waals surface area contributed by atoms with Crippen LogP contribution in [0.1, 0.15) is 26.4 Å². The molecular formula is C22H16ClN3O4. The molecule has 2 heterocycles. The Hall–Kier alpha value is -3.71. The summed E-state index contributed by atoms with van der Waals surface area (Å²) in [6.45, 7) is 1.79. The number of hydrogen-bond acceptors (Lipinski definition) is 5. The quantitative estimate of drug-likeness (QED) is 0.485. The smallest absolute Gasteiger partial charge is 0.337 e. The van der Waals surface area contributed by atoms with Gasteiger partial charge >= 0.3 is 5.97 Å². The Morgan fingerprint density at radius 1 is 1.13 bits per heavy atom. The molecule has 2 N–H and O–H groups in total. The molecule has 2 aromatic heterocycles. The van der Waals surface area contributed by atoms with Gasteiger partial charge in [-0.25, -0.2) is 4.79 Å². The molecule has 0 aliphatic heterocycles. The van der Waals surface area contributed by atoms with E-state index in [9.17, 15) is 14.4 Å². The van der Waals surface area contributed by atoms with E-state index in [4.69, 9.17) is 16.3 Å². The predicted octanol–water partition coefficient (Wildman–Crippen LogP) is 4.08. The van der Waals surface area contributed by atoms with Crippen LogP contribution in [0.5, 0.6) is 0 Å². The molecule has 30 heavy (non-hydrogen) atoms. The third-order valence-corrected chi connectivity index (χ3v) is 5.03. The summed E-state index contributed by atoms with van der Waals surface area (Å²) in [6, 6.07) is 11.4. The number of anilines is 1. The normalized spacial score (nSPS) is 10.9. The summed E-state index contributed by atoms with van der Waals surface area (Å²) in [5.41, 5.74) is 1.99. The van der Waals surface area contributed by atoms with Crippen molar-refractivity contribution in [2.45, 2.75) is 6.92 Å². The standard InChI is InChI=1S/C22H16ClN3O4/c1-11-8-18(14-9-12(22(29)30-2)6-7-17(14)25-11)26-21(28)15-10-24-19-13(20(15)27)4-3-5-16(19)23/h3-10H,1-2H3,(H,24,27)(H,25,26,28). The van der Waals surface area contributed by atoms with Crippen LogP contribution >= 0.6 is 11.6 Å². The van der Waals surface area contributed by atoms with Crippen LogP contribution in [0.3, 0.4) is 0 Å². The molecule has 4 rings (SSSR count). The second kappa shape index (κ2) is 7.61. The van der Waals surface area contributed by atoms with E-state index in [0.29, 0.717) is 43.8 Å². The first-order valence-corrected chi connectivity index (χ1v) is 9.38. The Labute approximate surface area is 175 Å². The minimum atomic E-state index is -0.589. The Morgan fingerprint density at radius 3 is 2.70 bits per heavy atom. The Bertz CT molecular complexity index is 1390. The van der Waals surface area contributed by atoms with E-state index in [1.807, 2.05) is 0 Å². The second-order valence-corrected chi connectivity index (χ2v) is 7.09. The van der Waals surface area contributed by atoms with Crippen LogP contribution in [-0.4, -0.2) is 29.0 Å². The number of rotatable bonds is 3. The van der Waals surface area contributed by atoms with Crippen molar-refractivity contribution in [3.63, 3.8) is 0 Å². The number of nitrogens with one attached hydrogen (secondary N) is 2. The topological polar surface area (TPSA) is 101 Å². The van der Waals surface area contributed by atoms with Crippen LogP contribution in [0, 0.1) is 6.92 Å². The minimum absolute atomic E-state index is 0.0588. The monoisotopic (exact) mass is 421 g/mol. The van der Waals surface area contributed by atoms with Gasteiger partial charge in [0.1, 0.15) is 5.56 Å². The number of H-pyrrole nitrogens is 1. The van der Waals surface area contributed by atoms with E-state index in [2.05, 4.69) is 15.3 Å². The number of aromatic nitrogens is 2. The number of halogens is 1. The molecule has 1 amide bonds. The number of benzene rings is 2. The molecule has 0 aliphatic carbocycles. The average Bonchev–Trinajstić information content (AvgIpc) is 2.73. The van der Waals surface area contributed by atoms with Gasteiger partial charge in [-0.3, -0.25) is 14.6 Å². The largest absolute Gasteiger partial charge is 0.465 e. The Morgan fingerprint density at radius 2 is 1.93 bits per heavy atom. The number of carbonyl (C=O) groups is 2. The minimum Gasteiger partial charge on any atom is -0.465 e. The number of fused-ring (bicyclic) bond motifs is 2. The van der Waals surface area contributed by atoms with Gasteiger partial charge in [-0.1, -0.05) is 17.7 Å².